The van der Waals surface area contributed by atoms with Crippen LogP contribution in [0.5, 0.6) is 11.5 Å². The third kappa shape index (κ3) is 4.33. The standard InChI is InChI=1S/C24H20N2O4/c1-16-7-5-6-10-19(16)23(27)26-20(24(28)25-18-8-3-2-4-9-18)13-17-11-12-21-22(14-17)30-15-29-21/h2-14H,15H2,1H3,(H,25,28)(H,26,27). The fourth-order valence-corrected chi connectivity index (χ4v) is 3.07. The molecule has 0 unspecified atom stereocenters. The summed E-state index contributed by atoms with van der Waals surface area (Å²) >= 11 is 0. The Morgan fingerprint density at radius 2 is 1.63 bits per heavy atom. The molecule has 0 saturated heterocycles. The van der Waals surface area contributed by atoms with Crippen LogP contribution in [-0.4, -0.2) is 18.6 Å². The first-order valence-corrected chi connectivity index (χ1v) is 9.45. The molecule has 0 saturated carbocycles. The first-order chi connectivity index (χ1) is 14.6. The first-order valence-electron chi connectivity index (χ1n) is 9.45. The Hall–Kier alpha value is -4.06. The van der Waals surface area contributed by atoms with Gasteiger partial charge in [0.05, 0.1) is 0 Å². The zero-order chi connectivity index (χ0) is 20.9. The highest BCUT2D eigenvalue weighted by Crippen LogP contribution is 2.33. The van der Waals surface area contributed by atoms with Crippen LogP contribution in [0.2, 0.25) is 0 Å². The summed E-state index contributed by atoms with van der Waals surface area (Å²) in [7, 11) is 0. The summed E-state index contributed by atoms with van der Waals surface area (Å²) < 4.78 is 10.7. The lowest BCUT2D eigenvalue weighted by Gasteiger charge is -2.12. The molecule has 3 aromatic rings. The number of carbonyl (C=O) groups is 2. The third-order valence-corrected chi connectivity index (χ3v) is 4.62. The lowest BCUT2D eigenvalue weighted by atomic mass is 10.1. The van der Waals surface area contributed by atoms with E-state index in [0.29, 0.717) is 28.3 Å². The van der Waals surface area contributed by atoms with Crippen molar-refractivity contribution in [3.05, 3.63) is 95.2 Å². The highest BCUT2D eigenvalue weighted by atomic mass is 16.7. The second-order valence-electron chi connectivity index (χ2n) is 6.76. The van der Waals surface area contributed by atoms with Crippen molar-refractivity contribution in [2.24, 2.45) is 0 Å². The van der Waals surface area contributed by atoms with E-state index in [0.717, 1.165) is 5.56 Å². The maximum absolute atomic E-state index is 13.0. The van der Waals surface area contributed by atoms with Crippen molar-refractivity contribution in [2.75, 3.05) is 12.1 Å². The van der Waals surface area contributed by atoms with Crippen molar-refractivity contribution in [1.82, 2.24) is 5.32 Å². The number of fused-ring (bicyclic) bond motifs is 1. The molecule has 0 aliphatic carbocycles. The van der Waals surface area contributed by atoms with Crippen molar-refractivity contribution < 1.29 is 19.1 Å². The molecule has 30 heavy (non-hydrogen) atoms. The Labute approximate surface area is 174 Å². The summed E-state index contributed by atoms with van der Waals surface area (Å²) in [4.78, 5) is 25.8. The van der Waals surface area contributed by atoms with Gasteiger partial charge in [0.25, 0.3) is 11.8 Å². The predicted molar refractivity (Wildman–Crippen MR) is 114 cm³/mol. The average Bonchev–Trinajstić information content (AvgIpc) is 3.22. The molecule has 0 fully saturated rings. The minimum atomic E-state index is -0.430. The quantitative estimate of drug-likeness (QED) is 0.632. The number of amides is 2. The third-order valence-electron chi connectivity index (χ3n) is 4.62. The molecule has 3 aromatic carbocycles. The van der Waals surface area contributed by atoms with E-state index >= 15 is 0 Å². The summed E-state index contributed by atoms with van der Waals surface area (Å²) in [5, 5.41) is 5.56. The fraction of sp³-hybridized carbons (Fsp3) is 0.0833. The molecular formula is C24H20N2O4. The van der Waals surface area contributed by atoms with Gasteiger partial charge in [0, 0.05) is 11.3 Å². The number of carbonyl (C=O) groups excluding carboxylic acids is 2. The van der Waals surface area contributed by atoms with E-state index in [1.807, 2.05) is 37.3 Å². The predicted octanol–water partition coefficient (Wildman–Crippen LogP) is 4.13. The van der Waals surface area contributed by atoms with Crippen LogP contribution in [-0.2, 0) is 4.79 Å². The number of anilines is 1. The van der Waals surface area contributed by atoms with Crippen molar-refractivity contribution >= 4 is 23.6 Å². The van der Waals surface area contributed by atoms with Gasteiger partial charge in [-0.2, -0.15) is 0 Å². The van der Waals surface area contributed by atoms with Gasteiger partial charge in [0.15, 0.2) is 11.5 Å². The topological polar surface area (TPSA) is 76.7 Å². The molecule has 6 heteroatoms. The summed E-state index contributed by atoms with van der Waals surface area (Å²) in [5.41, 5.74) is 2.76. The van der Waals surface area contributed by atoms with Crippen LogP contribution in [0.4, 0.5) is 5.69 Å². The molecule has 6 nitrogen and oxygen atoms in total. The Balaban J connectivity index is 1.64. The molecular weight excluding hydrogens is 380 g/mol. The number of hydrogen-bond acceptors (Lipinski definition) is 4. The van der Waals surface area contributed by atoms with Crippen LogP contribution >= 0.6 is 0 Å². The highest BCUT2D eigenvalue weighted by Gasteiger charge is 2.18. The van der Waals surface area contributed by atoms with Crippen molar-refractivity contribution in [2.45, 2.75) is 6.92 Å². The van der Waals surface area contributed by atoms with Crippen LogP contribution < -0.4 is 20.1 Å². The summed E-state index contributed by atoms with van der Waals surface area (Å²) in [6, 6.07) is 21.6. The van der Waals surface area contributed by atoms with Gasteiger partial charge in [-0.15, -0.1) is 0 Å². The number of hydrogen-bond donors (Lipinski definition) is 2. The number of rotatable bonds is 5. The monoisotopic (exact) mass is 400 g/mol. The van der Waals surface area contributed by atoms with Crippen LogP contribution in [0, 0.1) is 6.92 Å². The van der Waals surface area contributed by atoms with Crippen LogP contribution in [0.1, 0.15) is 21.5 Å². The second-order valence-corrected chi connectivity index (χ2v) is 6.76. The molecule has 2 N–H and O–H groups in total. The number of para-hydroxylation sites is 1. The number of aryl methyl sites for hydroxylation is 1. The van der Waals surface area contributed by atoms with Gasteiger partial charge >= 0.3 is 0 Å². The second kappa shape index (κ2) is 8.53. The smallest absolute Gasteiger partial charge is 0.272 e. The first kappa shape index (κ1) is 19.3. The van der Waals surface area contributed by atoms with Gasteiger partial charge in [-0.05, 0) is 54.5 Å². The lowest BCUT2D eigenvalue weighted by molar-refractivity contribution is -0.113. The minimum Gasteiger partial charge on any atom is -0.454 e. The Morgan fingerprint density at radius 3 is 2.43 bits per heavy atom. The number of ether oxygens (including phenoxy) is 2. The van der Waals surface area contributed by atoms with E-state index < -0.39 is 5.91 Å². The zero-order valence-electron chi connectivity index (χ0n) is 16.3. The van der Waals surface area contributed by atoms with Gasteiger partial charge in [0.1, 0.15) is 5.70 Å². The molecule has 0 bridgehead atoms. The van der Waals surface area contributed by atoms with Crippen molar-refractivity contribution in [3.63, 3.8) is 0 Å². The van der Waals surface area contributed by atoms with Crippen molar-refractivity contribution in [3.8, 4) is 11.5 Å². The van der Waals surface area contributed by atoms with E-state index in [2.05, 4.69) is 10.6 Å². The van der Waals surface area contributed by atoms with Gasteiger partial charge < -0.3 is 20.1 Å². The SMILES string of the molecule is Cc1ccccc1C(=O)NC(=Cc1ccc2c(c1)OCO2)C(=O)Nc1ccccc1. The number of nitrogens with one attached hydrogen (secondary N) is 2. The van der Waals surface area contributed by atoms with Crippen LogP contribution in [0.25, 0.3) is 6.08 Å². The maximum Gasteiger partial charge on any atom is 0.272 e. The van der Waals surface area contributed by atoms with E-state index in [-0.39, 0.29) is 18.4 Å². The molecule has 4 rings (SSSR count). The fourth-order valence-electron chi connectivity index (χ4n) is 3.07. The molecule has 1 heterocycles. The summed E-state index contributed by atoms with van der Waals surface area (Å²) in [6.45, 7) is 2.01. The minimum absolute atomic E-state index is 0.117. The summed E-state index contributed by atoms with van der Waals surface area (Å²) in [6.07, 6.45) is 1.61. The van der Waals surface area contributed by atoms with Gasteiger partial charge in [0.2, 0.25) is 6.79 Å². The Morgan fingerprint density at radius 1 is 0.900 bits per heavy atom. The molecule has 150 valence electrons. The van der Waals surface area contributed by atoms with E-state index in [9.17, 15) is 9.59 Å². The van der Waals surface area contributed by atoms with Gasteiger partial charge in [-0.25, -0.2) is 0 Å². The molecule has 0 atom stereocenters. The molecule has 0 radical (unpaired) electrons. The average molecular weight is 400 g/mol. The molecule has 0 aromatic heterocycles. The molecule has 2 amide bonds. The van der Waals surface area contributed by atoms with E-state index in [1.54, 1.807) is 48.5 Å². The largest absolute Gasteiger partial charge is 0.454 e. The zero-order valence-corrected chi connectivity index (χ0v) is 16.3. The van der Waals surface area contributed by atoms with Gasteiger partial charge in [-0.1, -0.05) is 42.5 Å². The maximum atomic E-state index is 13.0. The van der Waals surface area contributed by atoms with Gasteiger partial charge in [-0.3, -0.25) is 9.59 Å². The highest BCUT2D eigenvalue weighted by molar-refractivity contribution is 6.10. The van der Waals surface area contributed by atoms with E-state index in [4.69, 9.17) is 9.47 Å². The lowest BCUT2D eigenvalue weighted by Crippen LogP contribution is -2.31. The van der Waals surface area contributed by atoms with Crippen LogP contribution in [0.15, 0.2) is 78.5 Å². The van der Waals surface area contributed by atoms with Crippen molar-refractivity contribution in [1.29, 1.82) is 0 Å². The molecule has 1 aliphatic rings. The summed E-state index contributed by atoms with van der Waals surface area (Å²) in [5.74, 6) is 0.451. The molecule has 0 spiro atoms. The molecule has 1 aliphatic heterocycles. The van der Waals surface area contributed by atoms with E-state index in [1.165, 1.54) is 0 Å². The Bertz CT molecular complexity index is 1120. The Kier molecular flexibility index (Phi) is 5.48. The van der Waals surface area contributed by atoms with Crippen LogP contribution in [0.3, 0.4) is 0 Å². The number of benzene rings is 3. The normalized spacial score (nSPS) is 12.4.